The zero-order valence-corrected chi connectivity index (χ0v) is 50.3. The van der Waals surface area contributed by atoms with Crippen molar-refractivity contribution >= 4 is 35.0 Å². The molecule has 0 aromatic heterocycles. The summed E-state index contributed by atoms with van der Waals surface area (Å²) in [6.45, 7) is 12.5. The Morgan fingerprint density at radius 1 is 0.511 bits per heavy atom. The van der Waals surface area contributed by atoms with Crippen molar-refractivity contribution in [1.29, 1.82) is 0 Å². The van der Waals surface area contributed by atoms with Crippen LogP contribution in [0.5, 0.6) is 11.5 Å². The van der Waals surface area contributed by atoms with Crippen LogP contribution in [0.15, 0.2) is 109 Å². The van der Waals surface area contributed by atoms with Crippen LogP contribution in [0, 0.1) is 46.5 Å². The second-order valence-corrected chi connectivity index (χ2v) is 23.9. The number of benzene rings is 6. The highest BCUT2D eigenvalue weighted by Crippen LogP contribution is 2.45. The number of nitrogens with two attached hydrogens (primary N) is 1. The number of amides is 4. The average Bonchev–Trinajstić information content (AvgIpc) is 3.58. The Morgan fingerprint density at radius 2 is 0.886 bits per heavy atom. The van der Waals surface area contributed by atoms with Crippen molar-refractivity contribution in [3.63, 3.8) is 0 Å². The van der Waals surface area contributed by atoms with Crippen LogP contribution in [0.25, 0.3) is 0 Å². The standard InChI is InChI=1S/C41H43F4N3O3.C27H31F4N3O3/c1-4-47(36-18-12-11-17-29(36)30-21-34(44)35(45)23-32(30)42)39(49)31-22-37-38(24-33(31)43)51-41(2,3)40(50)48(37)20-19-46(25-27-13-7-5-8-14-27)26-28-15-9-6-10-16-28;1-4-33(22-8-6-5-7-15(22)16-11-20(30)21(31)13-18(16)28)25(35)17-12-23-24(14-19(17)29)37-27(2,3)26(36)34(23)10-9-32/h5-10,13-16,21-24,29,36H,4,11-12,17-20,25-26H2,1-3H3;11-15,22H,4-10,32H2,1-3H3/t29-,36+;15-,22+/m00/s1. The van der Waals surface area contributed by atoms with Gasteiger partial charge in [-0.3, -0.25) is 24.1 Å². The highest BCUT2D eigenvalue weighted by atomic mass is 19.2. The fraction of sp³-hybridized carbons (Fsp3) is 0.412. The van der Waals surface area contributed by atoms with Gasteiger partial charge in [0.1, 0.15) is 34.8 Å². The molecule has 0 radical (unpaired) electrons. The summed E-state index contributed by atoms with van der Waals surface area (Å²) in [6, 6.07) is 26.6. The summed E-state index contributed by atoms with van der Waals surface area (Å²) >= 11 is 0. The molecule has 2 heterocycles. The summed E-state index contributed by atoms with van der Waals surface area (Å²) in [6.07, 6.45) is 4.80. The molecule has 2 fully saturated rings. The van der Waals surface area contributed by atoms with Gasteiger partial charge in [0.15, 0.2) is 34.5 Å². The molecule has 88 heavy (non-hydrogen) atoms. The van der Waals surface area contributed by atoms with Crippen LogP contribution in [0.4, 0.5) is 46.5 Å². The number of carbonyl (C=O) groups is 4. The van der Waals surface area contributed by atoms with Gasteiger partial charge in [-0.2, -0.15) is 0 Å². The maximum atomic E-state index is 16.0. The van der Waals surface area contributed by atoms with Gasteiger partial charge >= 0.3 is 0 Å². The second kappa shape index (κ2) is 27.3. The molecule has 4 amide bonds. The number of ether oxygens (including phenoxy) is 2. The number of hydrogen-bond acceptors (Lipinski definition) is 8. The first-order chi connectivity index (χ1) is 42.0. The first-order valence-corrected chi connectivity index (χ1v) is 30.1. The van der Waals surface area contributed by atoms with E-state index >= 15 is 13.2 Å². The molecule has 0 spiro atoms. The number of anilines is 2. The van der Waals surface area contributed by atoms with Crippen molar-refractivity contribution in [2.75, 3.05) is 49.1 Å². The van der Waals surface area contributed by atoms with Crippen LogP contribution in [-0.2, 0) is 22.7 Å². The Kier molecular flexibility index (Phi) is 20.0. The van der Waals surface area contributed by atoms with Gasteiger partial charge in [-0.25, -0.2) is 35.1 Å². The molecule has 468 valence electrons. The molecule has 4 aliphatic rings. The summed E-state index contributed by atoms with van der Waals surface area (Å²) in [5, 5.41) is 0. The van der Waals surface area contributed by atoms with Crippen molar-refractivity contribution in [2.24, 2.45) is 5.73 Å². The summed E-state index contributed by atoms with van der Waals surface area (Å²) in [5.74, 6) is -11.2. The Hall–Kier alpha value is -7.84. The van der Waals surface area contributed by atoms with Gasteiger partial charge in [0.2, 0.25) is 0 Å². The summed E-state index contributed by atoms with van der Waals surface area (Å²) in [5.41, 5.74) is 5.40. The Balaban J connectivity index is 0.000000221. The maximum Gasteiger partial charge on any atom is 0.270 e. The number of rotatable bonds is 17. The number of carbonyl (C=O) groups excluding carboxylic acids is 4. The second-order valence-electron chi connectivity index (χ2n) is 23.9. The maximum absolute atomic E-state index is 16.0. The lowest BCUT2D eigenvalue weighted by atomic mass is 9.78. The van der Waals surface area contributed by atoms with Crippen LogP contribution in [0.3, 0.4) is 0 Å². The van der Waals surface area contributed by atoms with Crippen molar-refractivity contribution in [3.8, 4) is 11.5 Å². The third-order valence-corrected chi connectivity index (χ3v) is 17.2. The van der Waals surface area contributed by atoms with E-state index in [1.165, 1.54) is 26.8 Å². The molecular formula is C68H74F8N6O6. The number of likely N-dealkylation sites (N-methyl/N-ethyl adjacent to an activating group) is 2. The van der Waals surface area contributed by atoms with Crippen LogP contribution in [-0.4, -0.2) is 101 Å². The van der Waals surface area contributed by atoms with Gasteiger partial charge in [0.25, 0.3) is 23.6 Å². The van der Waals surface area contributed by atoms with E-state index in [-0.39, 0.29) is 89.7 Å². The van der Waals surface area contributed by atoms with Crippen LogP contribution in [0.1, 0.15) is 148 Å². The molecule has 0 unspecified atom stereocenters. The highest BCUT2D eigenvalue weighted by molar-refractivity contribution is 6.05. The van der Waals surface area contributed by atoms with Gasteiger partial charge in [-0.05, 0) is 114 Å². The minimum Gasteiger partial charge on any atom is -0.476 e. The molecule has 0 bridgehead atoms. The molecule has 2 saturated carbocycles. The summed E-state index contributed by atoms with van der Waals surface area (Å²) < 4.78 is 128. The average molecular weight is 1220 g/mol. The third-order valence-electron chi connectivity index (χ3n) is 17.2. The lowest BCUT2D eigenvalue weighted by molar-refractivity contribution is -0.133. The van der Waals surface area contributed by atoms with Crippen molar-refractivity contribution in [3.05, 3.63) is 189 Å². The molecule has 12 nitrogen and oxygen atoms in total. The predicted molar refractivity (Wildman–Crippen MR) is 319 cm³/mol. The van der Waals surface area contributed by atoms with E-state index in [0.29, 0.717) is 63.9 Å². The SMILES string of the molecule is CCN(C(=O)c1cc2c(cc1F)OC(C)(C)C(=O)N2CCN(Cc1ccccc1)Cc1ccccc1)[C@@H]1CCCC[C@H]1c1cc(F)c(F)cc1F.CCN(C(=O)c1cc2c(cc1F)OC(C)(C)C(=O)N2CCN)[C@@H]1CCCC[C@H]1c1cc(F)c(F)cc1F. The van der Waals surface area contributed by atoms with E-state index < -0.39 is 93.5 Å². The van der Waals surface area contributed by atoms with E-state index in [1.54, 1.807) is 46.4 Å². The lowest BCUT2D eigenvalue weighted by Gasteiger charge is -2.41. The van der Waals surface area contributed by atoms with Crippen LogP contribution in [0.2, 0.25) is 0 Å². The van der Waals surface area contributed by atoms with E-state index in [0.717, 1.165) is 54.7 Å². The van der Waals surface area contributed by atoms with Gasteiger partial charge in [0, 0.05) is 101 Å². The van der Waals surface area contributed by atoms with E-state index in [1.807, 2.05) is 60.7 Å². The Labute approximate surface area is 508 Å². The van der Waals surface area contributed by atoms with Gasteiger partial charge in [-0.1, -0.05) is 86.3 Å². The quantitative estimate of drug-likeness (QED) is 0.0706. The van der Waals surface area contributed by atoms with Crippen molar-refractivity contribution < 1.29 is 63.8 Å². The van der Waals surface area contributed by atoms with Crippen molar-refractivity contribution in [2.45, 2.75) is 141 Å². The lowest BCUT2D eigenvalue weighted by Crippen LogP contribution is -2.54. The third kappa shape index (κ3) is 13.7. The zero-order valence-electron chi connectivity index (χ0n) is 50.3. The summed E-state index contributed by atoms with van der Waals surface area (Å²) in [7, 11) is 0. The molecule has 20 heteroatoms. The number of fused-ring (bicyclic) bond motifs is 2. The van der Waals surface area contributed by atoms with Gasteiger partial charge in [-0.15, -0.1) is 0 Å². The van der Waals surface area contributed by atoms with Crippen molar-refractivity contribution in [1.82, 2.24) is 14.7 Å². The van der Waals surface area contributed by atoms with E-state index in [4.69, 9.17) is 15.2 Å². The molecule has 10 rings (SSSR count). The van der Waals surface area contributed by atoms with E-state index in [2.05, 4.69) is 4.90 Å². The zero-order chi connectivity index (χ0) is 63.4. The first kappa shape index (κ1) is 64.6. The fourth-order valence-corrected chi connectivity index (χ4v) is 12.9. The Morgan fingerprint density at radius 3 is 1.27 bits per heavy atom. The molecule has 6 aromatic carbocycles. The molecule has 2 aliphatic carbocycles. The van der Waals surface area contributed by atoms with Crippen LogP contribution >= 0.6 is 0 Å². The minimum atomic E-state index is -1.28. The van der Waals surface area contributed by atoms with Gasteiger partial charge < -0.3 is 34.8 Å². The number of nitrogens with zero attached hydrogens (tertiary/aromatic N) is 5. The molecule has 4 atom stereocenters. The first-order valence-electron chi connectivity index (χ1n) is 30.1. The monoisotopic (exact) mass is 1220 g/mol. The van der Waals surface area contributed by atoms with Crippen LogP contribution < -0.4 is 25.0 Å². The number of hydrogen-bond donors (Lipinski definition) is 1. The fourth-order valence-electron chi connectivity index (χ4n) is 12.9. The molecule has 2 N–H and O–H groups in total. The predicted octanol–water partition coefficient (Wildman–Crippen LogP) is 13.5. The minimum absolute atomic E-state index is 0.00118. The largest absolute Gasteiger partial charge is 0.476 e. The summed E-state index contributed by atoms with van der Waals surface area (Å²) in [4.78, 5) is 63.0. The molecule has 6 aromatic rings. The highest BCUT2D eigenvalue weighted by Gasteiger charge is 2.45. The topological polar surface area (TPSA) is 129 Å². The smallest absolute Gasteiger partial charge is 0.270 e. The van der Waals surface area contributed by atoms with Gasteiger partial charge in [0.05, 0.1) is 22.5 Å². The normalized spacial score (nSPS) is 19.4. The molecule has 0 saturated heterocycles. The molecular weight excluding hydrogens is 1150 g/mol. The molecule has 2 aliphatic heterocycles. The number of halogens is 8. The Bertz CT molecular complexity index is 3500. The van der Waals surface area contributed by atoms with E-state index in [9.17, 15) is 41.1 Å².